The standard InChI is InChI=1S/C28H31ClO4/c1-2-19-8-10-20(11-9-19)14-23-15-21(12-13-25(23)29)16-24(30)17-27-26(31)18-32-28(33-27)22-6-4-3-5-7-22/h3-13,15,24,26-28,30-31H,2,14,16-18H2,1H3. The van der Waals surface area contributed by atoms with Crippen LogP contribution in [0.25, 0.3) is 0 Å². The van der Waals surface area contributed by atoms with Crippen molar-refractivity contribution in [1.29, 1.82) is 0 Å². The van der Waals surface area contributed by atoms with Crippen LogP contribution in [0.2, 0.25) is 5.02 Å². The molecule has 0 spiro atoms. The lowest BCUT2D eigenvalue weighted by atomic mass is 9.96. The van der Waals surface area contributed by atoms with Crippen molar-refractivity contribution in [3.05, 3.63) is 106 Å². The molecule has 4 rings (SSSR count). The predicted octanol–water partition coefficient (Wildman–Crippen LogP) is 5.26. The van der Waals surface area contributed by atoms with E-state index in [0.29, 0.717) is 12.8 Å². The summed E-state index contributed by atoms with van der Waals surface area (Å²) in [5.74, 6) is 0. The molecule has 1 fully saturated rings. The van der Waals surface area contributed by atoms with Gasteiger partial charge < -0.3 is 19.7 Å². The Bertz CT molecular complexity index is 1020. The van der Waals surface area contributed by atoms with Gasteiger partial charge in [-0.25, -0.2) is 0 Å². The predicted molar refractivity (Wildman–Crippen MR) is 130 cm³/mol. The lowest BCUT2D eigenvalue weighted by molar-refractivity contribution is -0.261. The third-order valence-electron chi connectivity index (χ3n) is 6.13. The van der Waals surface area contributed by atoms with E-state index >= 15 is 0 Å². The minimum atomic E-state index is -0.772. The first-order valence-corrected chi connectivity index (χ1v) is 11.9. The SMILES string of the molecule is CCc1ccc(Cc2cc(CC(O)CC3OC(c4ccccc4)OCC3O)ccc2Cl)cc1. The van der Waals surface area contributed by atoms with E-state index in [1.54, 1.807) is 0 Å². The van der Waals surface area contributed by atoms with Crippen molar-refractivity contribution >= 4 is 11.6 Å². The third-order valence-corrected chi connectivity index (χ3v) is 6.50. The van der Waals surface area contributed by atoms with Crippen LogP contribution in [0.5, 0.6) is 0 Å². The van der Waals surface area contributed by atoms with Crippen molar-refractivity contribution in [2.45, 2.75) is 57.2 Å². The van der Waals surface area contributed by atoms with Crippen molar-refractivity contribution in [2.24, 2.45) is 0 Å². The monoisotopic (exact) mass is 466 g/mol. The fourth-order valence-corrected chi connectivity index (χ4v) is 4.39. The average molecular weight is 467 g/mol. The molecule has 4 unspecified atom stereocenters. The number of benzene rings is 3. The molecule has 0 amide bonds. The van der Waals surface area contributed by atoms with Gasteiger partial charge in [0.25, 0.3) is 0 Å². The van der Waals surface area contributed by atoms with Crippen molar-refractivity contribution < 1.29 is 19.7 Å². The van der Waals surface area contributed by atoms with Crippen molar-refractivity contribution in [1.82, 2.24) is 0 Å². The van der Waals surface area contributed by atoms with Gasteiger partial charge in [0.05, 0.1) is 18.8 Å². The summed E-state index contributed by atoms with van der Waals surface area (Å²) < 4.78 is 11.6. The molecule has 1 aliphatic heterocycles. The summed E-state index contributed by atoms with van der Waals surface area (Å²) in [5, 5.41) is 21.8. The molecule has 1 saturated heterocycles. The highest BCUT2D eigenvalue weighted by Crippen LogP contribution is 2.29. The summed E-state index contributed by atoms with van der Waals surface area (Å²) in [4.78, 5) is 0. The molecular weight excluding hydrogens is 436 g/mol. The lowest BCUT2D eigenvalue weighted by Gasteiger charge is -2.35. The topological polar surface area (TPSA) is 58.9 Å². The fraction of sp³-hybridized carbons (Fsp3) is 0.357. The van der Waals surface area contributed by atoms with E-state index in [0.717, 1.165) is 34.6 Å². The van der Waals surface area contributed by atoms with Gasteiger partial charge in [0.1, 0.15) is 6.10 Å². The van der Waals surface area contributed by atoms with Gasteiger partial charge >= 0.3 is 0 Å². The van der Waals surface area contributed by atoms with Gasteiger partial charge in [-0.2, -0.15) is 0 Å². The molecule has 3 aromatic carbocycles. The molecule has 4 atom stereocenters. The minimum absolute atomic E-state index is 0.179. The molecule has 2 N–H and O–H groups in total. The molecule has 4 nitrogen and oxygen atoms in total. The molecule has 0 saturated carbocycles. The maximum absolute atomic E-state index is 10.8. The van der Waals surface area contributed by atoms with E-state index in [1.807, 2.05) is 42.5 Å². The van der Waals surface area contributed by atoms with Gasteiger partial charge in [-0.1, -0.05) is 85.3 Å². The highest BCUT2D eigenvalue weighted by atomic mass is 35.5. The Labute approximate surface area is 200 Å². The third kappa shape index (κ3) is 6.44. The molecule has 0 radical (unpaired) electrons. The van der Waals surface area contributed by atoms with Gasteiger partial charge in [0, 0.05) is 17.0 Å². The molecule has 0 aliphatic carbocycles. The highest BCUT2D eigenvalue weighted by Gasteiger charge is 2.33. The van der Waals surface area contributed by atoms with Crippen molar-refractivity contribution in [3.8, 4) is 0 Å². The van der Waals surface area contributed by atoms with E-state index in [-0.39, 0.29) is 6.61 Å². The van der Waals surface area contributed by atoms with Crippen LogP contribution in [0, 0.1) is 0 Å². The second-order valence-corrected chi connectivity index (χ2v) is 9.09. The average Bonchev–Trinajstić information content (AvgIpc) is 2.83. The number of aliphatic hydroxyl groups excluding tert-OH is 2. The van der Waals surface area contributed by atoms with Crippen molar-refractivity contribution in [2.75, 3.05) is 6.61 Å². The number of aliphatic hydroxyl groups is 2. The van der Waals surface area contributed by atoms with Crippen LogP contribution in [0.3, 0.4) is 0 Å². The van der Waals surface area contributed by atoms with Crippen LogP contribution < -0.4 is 0 Å². The molecule has 1 heterocycles. The quantitative estimate of drug-likeness (QED) is 0.475. The molecule has 0 bridgehead atoms. The number of hydrogen-bond donors (Lipinski definition) is 2. The smallest absolute Gasteiger partial charge is 0.184 e. The Morgan fingerprint density at radius 2 is 1.67 bits per heavy atom. The van der Waals surface area contributed by atoms with Gasteiger partial charge in [0.2, 0.25) is 0 Å². The van der Waals surface area contributed by atoms with Crippen LogP contribution in [-0.4, -0.2) is 35.1 Å². The fourth-order valence-electron chi connectivity index (χ4n) is 4.21. The first-order chi connectivity index (χ1) is 16.0. The first-order valence-electron chi connectivity index (χ1n) is 11.5. The number of aryl methyl sites for hydroxylation is 1. The zero-order valence-corrected chi connectivity index (χ0v) is 19.6. The maximum atomic E-state index is 10.8. The van der Waals surface area contributed by atoms with Crippen LogP contribution in [0.4, 0.5) is 0 Å². The lowest BCUT2D eigenvalue weighted by Crippen LogP contribution is -2.42. The molecule has 3 aromatic rings. The Balaban J connectivity index is 1.38. The summed E-state index contributed by atoms with van der Waals surface area (Å²) in [5.41, 5.74) is 5.47. The van der Waals surface area contributed by atoms with E-state index in [2.05, 4.69) is 37.3 Å². The minimum Gasteiger partial charge on any atom is -0.393 e. The maximum Gasteiger partial charge on any atom is 0.184 e. The second kappa shape index (κ2) is 11.3. The van der Waals surface area contributed by atoms with E-state index in [1.165, 1.54) is 11.1 Å². The molecule has 33 heavy (non-hydrogen) atoms. The summed E-state index contributed by atoms with van der Waals surface area (Å²) in [6.07, 6.45) is 0.0887. The van der Waals surface area contributed by atoms with Crippen LogP contribution in [0.1, 0.15) is 47.5 Å². The second-order valence-electron chi connectivity index (χ2n) is 8.68. The largest absolute Gasteiger partial charge is 0.393 e. The number of hydrogen-bond acceptors (Lipinski definition) is 4. The van der Waals surface area contributed by atoms with Crippen LogP contribution >= 0.6 is 11.6 Å². The molecular formula is C28H31ClO4. The Morgan fingerprint density at radius 1 is 0.970 bits per heavy atom. The number of rotatable bonds is 8. The van der Waals surface area contributed by atoms with E-state index in [4.69, 9.17) is 21.1 Å². The zero-order chi connectivity index (χ0) is 23.2. The normalized spacial score (nSPS) is 21.6. The zero-order valence-electron chi connectivity index (χ0n) is 18.9. The van der Waals surface area contributed by atoms with Gasteiger partial charge in [-0.05, 0) is 47.6 Å². The van der Waals surface area contributed by atoms with Crippen LogP contribution in [-0.2, 0) is 28.7 Å². The Kier molecular flexibility index (Phi) is 8.18. The molecule has 0 aromatic heterocycles. The van der Waals surface area contributed by atoms with Gasteiger partial charge in [-0.3, -0.25) is 0 Å². The molecule has 1 aliphatic rings. The summed E-state index contributed by atoms with van der Waals surface area (Å²) >= 11 is 6.46. The summed E-state index contributed by atoms with van der Waals surface area (Å²) in [6, 6.07) is 24.1. The van der Waals surface area contributed by atoms with Gasteiger partial charge in [0.15, 0.2) is 6.29 Å². The summed E-state index contributed by atoms with van der Waals surface area (Å²) in [7, 11) is 0. The number of halogens is 1. The van der Waals surface area contributed by atoms with E-state index in [9.17, 15) is 10.2 Å². The van der Waals surface area contributed by atoms with Gasteiger partial charge in [-0.15, -0.1) is 0 Å². The summed E-state index contributed by atoms with van der Waals surface area (Å²) in [6.45, 7) is 2.33. The first kappa shape index (κ1) is 23.9. The molecule has 5 heteroatoms. The number of ether oxygens (including phenoxy) is 2. The molecule has 174 valence electrons. The van der Waals surface area contributed by atoms with Crippen molar-refractivity contribution in [3.63, 3.8) is 0 Å². The Hall–Kier alpha value is -2.21. The van der Waals surface area contributed by atoms with Crippen LogP contribution in [0.15, 0.2) is 72.8 Å². The highest BCUT2D eigenvalue weighted by molar-refractivity contribution is 6.31. The van der Waals surface area contributed by atoms with E-state index < -0.39 is 24.6 Å². The Morgan fingerprint density at radius 3 is 2.39 bits per heavy atom.